The molecule has 0 N–H and O–H groups in total. The molecule has 3 aliphatic rings. The fraction of sp³-hybridized carbons (Fsp3) is 0.333. The summed E-state index contributed by atoms with van der Waals surface area (Å²) in [6.07, 6.45) is 4.15. The van der Waals surface area contributed by atoms with Crippen LogP contribution < -0.4 is 4.74 Å². The van der Waals surface area contributed by atoms with Crippen LogP contribution in [0.3, 0.4) is 0 Å². The second kappa shape index (κ2) is 12.8. The molecule has 246 valence electrons. The third-order valence-electron chi connectivity index (χ3n) is 9.62. The highest BCUT2D eigenvalue weighted by Crippen LogP contribution is 2.40. The van der Waals surface area contributed by atoms with Gasteiger partial charge < -0.3 is 14.5 Å². The van der Waals surface area contributed by atoms with Crippen LogP contribution in [0.25, 0.3) is 5.00 Å². The summed E-state index contributed by atoms with van der Waals surface area (Å²) in [6.45, 7) is 7.09. The van der Waals surface area contributed by atoms with Gasteiger partial charge in [0.2, 0.25) is 11.8 Å². The van der Waals surface area contributed by atoms with Crippen molar-refractivity contribution in [3.8, 4) is 10.8 Å². The summed E-state index contributed by atoms with van der Waals surface area (Å²) in [5.41, 5.74) is 4.34. The number of hydrogen-bond acceptors (Lipinski definition) is 8. The second-order valence-corrected chi connectivity index (χ2v) is 14.1. The van der Waals surface area contributed by atoms with Crippen LogP contribution in [-0.4, -0.2) is 80.2 Å². The SMILES string of the molecule is COc1ccc(C(=O)/C=C/C(=O)N2CC3CC2CCN3C(=O)C[C@@H]2N=C(c3ccc(Cl)cc3)c3c(sc(C)c3C)-n3c(C)nnc32)cc1. The van der Waals surface area contributed by atoms with Crippen LogP contribution in [0, 0.1) is 20.8 Å². The molecule has 12 heteroatoms. The van der Waals surface area contributed by atoms with E-state index >= 15 is 0 Å². The molecular formula is C36H35ClN6O4S. The summed E-state index contributed by atoms with van der Waals surface area (Å²) in [7, 11) is 1.56. The third kappa shape index (κ3) is 5.75. The van der Waals surface area contributed by atoms with Crippen molar-refractivity contribution in [3.05, 3.63) is 104 Å². The molecule has 2 bridgehead atoms. The Balaban J connectivity index is 1.11. The predicted octanol–water partition coefficient (Wildman–Crippen LogP) is 5.84. The van der Waals surface area contributed by atoms with Gasteiger partial charge in [0, 0.05) is 51.8 Å². The van der Waals surface area contributed by atoms with E-state index in [-0.39, 0.29) is 36.1 Å². The van der Waals surface area contributed by atoms with Crippen LogP contribution in [0.15, 0.2) is 65.7 Å². The number of halogens is 1. The first-order chi connectivity index (χ1) is 23.1. The summed E-state index contributed by atoms with van der Waals surface area (Å²) >= 11 is 7.92. The molecule has 0 radical (unpaired) electrons. The van der Waals surface area contributed by atoms with Gasteiger partial charge in [-0.25, -0.2) is 0 Å². The number of rotatable bonds is 7. The Hall–Kier alpha value is -4.61. The van der Waals surface area contributed by atoms with Crippen LogP contribution in [0.2, 0.25) is 5.02 Å². The van der Waals surface area contributed by atoms with Gasteiger partial charge in [-0.1, -0.05) is 23.7 Å². The van der Waals surface area contributed by atoms with Gasteiger partial charge in [-0.2, -0.15) is 0 Å². The molecule has 3 atom stereocenters. The standard InChI is InChI=1S/C36H35ClN6O4S/c1-20-21(2)48-36-33(20)34(24-5-9-25(37)10-6-24)38-29(35-40-39-22(3)43(35)36)18-32(46)41-16-15-26-17-27(41)19-42(26)31(45)14-13-30(44)23-7-11-28(47-4)12-8-23/h5-14,26-27,29H,15-19H2,1-4H3/b14-13+/t26?,27?,29-/m0/s1. The highest BCUT2D eigenvalue weighted by Gasteiger charge is 2.43. The normalized spacial score (nSPS) is 19.9. The van der Waals surface area contributed by atoms with E-state index < -0.39 is 6.04 Å². The molecule has 3 aliphatic heterocycles. The number of carbonyl (C=O) groups is 3. The van der Waals surface area contributed by atoms with Gasteiger partial charge >= 0.3 is 0 Å². The van der Waals surface area contributed by atoms with E-state index in [0.29, 0.717) is 48.1 Å². The lowest BCUT2D eigenvalue weighted by atomic mass is 9.99. The highest BCUT2D eigenvalue weighted by molar-refractivity contribution is 7.15. The quantitative estimate of drug-likeness (QED) is 0.179. The van der Waals surface area contributed by atoms with Crippen molar-refractivity contribution in [3.63, 3.8) is 0 Å². The molecule has 10 nitrogen and oxygen atoms in total. The summed E-state index contributed by atoms with van der Waals surface area (Å²) in [5.74, 6) is 1.52. The van der Waals surface area contributed by atoms with Crippen molar-refractivity contribution < 1.29 is 19.1 Å². The van der Waals surface area contributed by atoms with Crippen molar-refractivity contribution in [1.82, 2.24) is 24.6 Å². The van der Waals surface area contributed by atoms with Crippen LogP contribution in [0.4, 0.5) is 0 Å². The Kier molecular flexibility index (Phi) is 8.51. The topological polar surface area (TPSA) is 110 Å². The van der Waals surface area contributed by atoms with Crippen LogP contribution in [-0.2, 0) is 9.59 Å². The largest absolute Gasteiger partial charge is 0.497 e. The van der Waals surface area contributed by atoms with Crippen molar-refractivity contribution >= 4 is 46.2 Å². The van der Waals surface area contributed by atoms with Gasteiger partial charge in [0.05, 0.1) is 25.3 Å². The number of carbonyl (C=O) groups excluding carboxylic acids is 3. The lowest BCUT2D eigenvalue weighted by Gasteiger charge is -2.33. The number of ketones is 1. The molecule has 0 spiro atoms. The molecule has 2 amide bonds. The number of aryl methyl sites for hydroxylation is 2. The molecule has 2 saturated heterocycles. The van der Waals surface area contributed by atoms with Crippen molar-refractivity contribution in [2.45, 2.75) is 58.2 Å². The molecule has 2 aromatic heterocycles. The first-order valence-electron chi connectivity index (χ1n) is 16.0. The number of amides is 2. The summed E-state index contributed by atoms with van der Waals surface area (Å²) < 4.78 is 7.20. The maximum atomic E-state index is 14.1. The Labute approximate surface area is 287 Å². The minimum absolute atomic E-state index is 0.0210. The lowest BCUT2D eigenvalue weighted by molar-refractivity contribution is -0.134. The van der Waals surface area contributed by atoms with E-state index in [1.54, 1.807) is 47.6 Å². The van der Waals surface area contributed by atoms with Crippen LogP contribution in [0.5, 0.6) is 5.75 Å². The van der Waals surface area contributed by atoms with E-state index in [9.17, 15) is 14.4 Å². The fourth-order valence-electron chi connectivity index (χ4n) is 6.97. The van der Waals surface area contributed by atoms with Gasteiger partial charge in [-0.15, -0.1) is 21.5 Å². The van der Waals surface area contributed by atoms with Gasteiger partial charge in [0.1, 0.15) is 22.6 Å². The minimum Gasteiger partial charge on any atom is -0.497 e. The molecule has 2 fully saturated rings. The molecular weight excluding hydrogens is 648 g/mol. The molecule has 0 aliphatic carbocycles. The summed E-state index contributed by atoms with van der Waals surface area (Å²) in [4.78, 5) is 50.2. The first kappa shape index (κ1) is 32.0. The molecule has 5 heterocycles. The maximum absolute atomic E-state index is 14.1. The number of benzene rings is 2. The number of nitrogens with zero attached hydrogens (tertiary/aromatic N) is 6. The average molecular weight is 683 g/mol. The molecule has 48 heavy (non-hydrogen) atoms. The number of hydrogen-bond donors (Lipinski definition) is 0. The molecule has 2 unspecified atom stereocenters. The molecule has 4 aromatic rings. The number of aromatic nitrogens is 3. The minimum atomic E-state index is -0.563. The molecule has 7 rings (SSSR count). The van der Waals surface area contributed by atoms with Crippen LogP contribution in [0.1, 0.15) is 68.9 Å². The van der Waals surface area contributed by atoms with Crippen molar-refractivity contribution in [1.29, 1.82) is 0 Å². The first-order valence-corrected chi connectivity index (χ1v) is 17.1. The number of aliphatic imine (C=N–C) groups is 1. The summed E-state index contributed by atoms with van der Waals surface area (Å²) in [5, 5.41) is 10.6. The number of likely N-dealkylation sites (tertiary alicyclic amines) is 2. The summed E-state index contributed by atoms with van der Waals surface area (Å²) in [6, 6.07) is 13.7. The predicted molar refractivity (Wildman–Crippen MR) is 185 cm³/mol. The van der Waals surface area contributed by atoms with E-state index in [0.717, 1.165) is 33.2 Å². The maximum Gasteiger partial charge on any atom is 0.247 e. The highest BCUT2D eigenvalue weighted by atomic mass is 35.5. The molecule has 0 saturated carbocycles. The zero-order valence-corrected chi connectivity index (χ0v) is 28.7. The number of thiophene rings is 1. The number of ether oxygens (including phenoxy) is 1. The monoisotopic (exact) mass is 682 g/mol. The zero-order valence-electron chi connectivity index (χ0n) is 27.1. The Morgan fingerprint density at radius 3 is 2.46 bits per heavy atom. The number of fused-ring (bicyclic) bond motifs is 5. The average Bonchev–Trinajstić information content (AvgIpc) is 3.70. The Morgan fingerprint density at radius 2 is 1.73 bits per heavy atom. The Bertz CT molecular complexity index is 1980. The molecule has 2 aromatic carbocycles. The Morgan fingerprint density at radius 1 is 0.979 bits per heavy atom. The van der Waals surface area contributed by atoms with Gasteiger partial charge in [-0.3, -0.25) is 23.9 Å². The number of methoxy groups -OCH3 is 1. The van der Waals surface area contributed by atoms with E-state index in [2.05, 4.69) is 24.0 Å². The van der Waals surface area contributed by atoms with Gasteiger partial charge in [-0.05, 0) is 81.7 Å². The zero-order chi connectivity index (χ0) is 33.7. The second-order valence-electron chi connectivity index (χ2n) is 12.4. The van der Waals surface area contributed by atoms with E-state index in [4.69, 9.17) is 21.3 Å². The van der Waals surface area contributed by atoms with E-state index in [1.165, 1.54) is 17.0 Å². The van der Waals surface area contributed by atoms with Gasteiger partial charge in [0.25, 0.3) is 0 Å². The third-order valence-corrected chi connectivity index (χ3v) is 11.1. The van der Waals surface area contributed by atoms with E-state index in [1.807, 2.05) is 40.7 Å². The number of piperidine rings is 1. The fourth-order valence-corrected chi connectivity index (χ4v) is 8.31. The van der Waals surface area contributed by atoms with Crippen LogP contribution >= 0.6 is 22.9 Å². The van der Waals surface area contributed by atoms with Crippen molar-refractivity contribution in [2.24, 2.45) is 4.99 Å². The number of allylic oxidation sites excluding steroid dienone is 1. The van der Waals surface area contributed by atoms with Crippen molar-refractivity contribution in [2.75, 3.05) is 20.2 Å². The smallest absolute Gasteiger partial charge is 0.247 e. The lowest BCUT2D eigenvalue weighted by Crippen LogP contribution is -2.44. The van der Waals surface area contributed by atoms with Gasteiger partial charge in [0.15, 0.2) is 11.6 Å².